The summed E-state index contributed by atoms with van der Waals surface area (Å²) < 4.78 is 26.3. The number of hydrogen-bond donors (Lipinski definition) is 1. The minimum Gasteiger partial charge on any atom is -0.211 e. The highest BCUT2D eigenvalue weighted by Crippen LogP contribution is 2.15. The maximum atomic E-state index is 11.9. The van der Waals surface area contributed by atoms with E-state index in [0.717, 1.165) is 16.3 Å². The molecule has 0 heterocycles. The van der Waals surface area contributed by atoms with Crippen LogP contribution in [0.3, 0.4) is 0 Å². The molecule has 0 fully saturated rings. The fraction of sp³-hybridized carbons (Fsp3) is 0.176. The molecule has 0 radical (unpaired) electrons. The van der Waals surface area contributed by atoms with E-state index >= 15 is 0 Å². The quantitative estimate of drug-likeness (QED) is 0.712. The topological polar surface area (TPSA) is 46.2 Å². The Labute approximate surface area is 146 Å². The molecule has 2 aromatic rings. The summed E-state index contributed by atoms with van der Waals surface area (Å²) in [5, 5.41) is 1.92. The minimum atomic E-state index is -3.39. The molecule has 0 spiro atoms. The first-order valence-corrected chi connectivity index (χ1v) is 10.2. The molecule has 0 atom stereocenters. The van der Waals surface area contributed by atoms with Crippen LogP contribution < -0.4 is 4.72 Å². The molecule has 0 saturated carbocycles. The molecule has 0 aromatic heterocycles. The SMILES string of the molecule is O=S(=O)(/C=C/c1ccccc1)NCCSCc1ccc(Cl)cc1. The van der Waals surface area contributed by atoms with E-state index in [0.29, 0.717) is 12.3 Å². The van der Waals surface area contributed by atoms with Crippen LogP contribution in [0.25, 0.3) is 6.08 Å². The van der Waals surface area contributed by atoms with Crippen molar-refractivity contribution in [1.82, 2.24) is 4.72 Å². The first-order chi connectivity index (χ1) is 11.1. The average Bonchev–Trinajstić information content (AvgIpc) is 2.55. The molecule has 0 saturated heterocycles. The maximum Gasteiger partial charge on any atom is 0.233 e. The van der Waals surface area contributed by atoms with Crippen molar-refractivity contribution in [3.05, 3.63) is 76.2 Å². The van der Waals surface area contributed by atoms with Crippen molar-refractivity contribution in [1.29, 1.82) is 0 Å². The number of rotatable bonds is 8. The number of nitrogens with one attached hydrogen (secondary N) is 1. The zero-order valence-corrected chi connectivity index (χ0v) is 14.9. The van der Waals surface area contributed by atoms with Gasteiger partial charge in [0.15, 0.2) is 0 Å². The molecule has 6 heteroatoms. The predicted octanol–water partition coefficient (Wildman–Crippen LogP) is 4.16. The Bertz CT molecular complexity index is 729. The molecule has 0 bridgehead atoms. The molecule has 0 aliphatic heterocycles. The van der Waals surface area contributed by atoms with Gasteiger partial charge in [-0.2, -0.15) is 11.8 Å². The van der Waals surface area contributed by atoms with E-state index in [2.05, 4.69) is 4.72 Å². The van der Waals surface area contributed by atoms with E-state index < -0.39 is 10.0 Å². The first kappa shape index (κ1) is 18.1. The highest BCUT2D eigenvalue weighted by molar-refractivity contribution is 7.98. The molecule has 122 valence electrons. The van der Waals surface area contributed by atoms with Gasteiger partial charge in [0.2, 0.25) is 10.0 Å². The van der Waals surface area contributed by atoms with Crippen molar-refractivity contribution < 1.29 is 8.42 Å². The van der Waals surface area contributed by atoms with Gasteiger partial charge in [-0.25, -0.2) is 13.1 Å². The van der Waals surface area contributed by atoms with Crippen LogP contribution in [-0.4, -0.2) is 20.7 Å². The van der Waals surface area contributed by atoms with Crippen LogP contribution in [0.5, 0.6) is 0 Å². The molecular formula is C17H18ClNO2S2. The predicted molar refractivity (Wildman–Crippen MR) is 100 cm³/mol. The van der Waals surface area contributed by atoms with Gasteiger partial charge < -0.3 is 0 Å². The van der Waals surface area contributed by atoms with Crippen LogP contribution in [0.4, 0.5) is 0 Å². The lowest BCUT2D eigenvalue weighted by Gasteiger charge is -2.04. The Morgan fingerprint density at radius 2 is 1.74 bits per heavy atom. The normalized spacial score (nSPS) is 11.9. The number of thioether (sulfide) groups is 1. The van der Waals surface area contributed by atoms with Gasteiger partial charge in [-0.05, 0) is 29.3 Å². The Hall–Kier alpha value is -1.27. The standard InChI is InChI=1S/C17H18ClNO2S2/c18-17-8-6-16(7-9-17)14-22-12-11-19-23(20,21)13-10-15-4-2-1-3-5-15/h1-10,13,19H,11-12,14H2/b13-10+. The summed E-state index contributed by atoms with van der Waals surface area (Å²) in [6, 6.07) is 17.0. The molecule has 2 rings (SSSR count). The average molecular weight is 368 g/mol. The van der Waals surface area contributed by atoms with Crippen molar-refractivity contribution >= 4 is 39.5 Å². The van der Waals surface area contributed by atoms with E-state index in [1.165, 1.54) is 11.0 Å². The summed E-state index contributed by atoms with van der Waals surface area (Å²) >= 11 is 7.50. The van der Waals surface area contributed by atoms with Gasteiger partial charge in [0.25, 0.3) is 0 Å². The van der Waals surface area contributed by atoms with Gasteiger partial charge in [-0.1, -0.05) is 54.1 Å². The number of hydrogen-bond acceptors (Lipinski definition) is 3. The lowest BCUT2D eigenvalue weighted by Crippen LogP contribution is -2.23. The van der Waals surface area contributed by atoms with Gasteiger partial charge in [0.05, 0.1) is 0 Å². The Morgan fingerprint density at radius 3 is 2.43 bits per heavy atom. The van der Waals surface area contributed by atoms with Crippen molar-refractivity contribution in [3.8, 4) is 0 Å². The second kappa shape index (κ2) is 9.13. The molecule has 0 aliphatic rings. The van der Waals surface area contributed by atoms with Gasteiger partial charge in [0, 0.05) is 28.5 Å². The van der Waals surface area contributed by atoms with Crippen LogP contribution in [0, 0.1) is 0 Å². The highest BCUT2D eigenvalue weighted by atomic mass is 35.5. The third-order valence-electron chi connectivity index (χ3n) is 2.97. The molecule has 0 amide bonds. The smallest absolute Gasteiger partial charge is 0.211 e. The van der Waals surface area contributed by atoms with E-state index in [-0.39, 0.29) is 0 Å². The van der Waals surface area contributed by atoms with Crippen LogP contribution in [-0.2, 0) is 15.8 Å². The zero-order chi connectivity index (χ0) is 16.5. The van der Waals surface area contributed by atoms with E-state index in [1.807, 2.05) is 54.6 Å². The Morgan fingerprint density at radius 1 is 1.04 bits per heavy atom. The van der Waals surface area contributed by atoms with Crippen molar-refractivity contribution in [2.75, 3.05) is 12.3 Å². The molecule has 0 aliphatic carbocycles. The molecule has 3 nitrogen and oxygen atoms in total. The zero-order valence-electron chi connectivity index (χ0n) is 12.5. The molecule has 0 unspecified atom stereocenters. The third kappa shape index (κ3) is 7.22. The lowest BCUT2D eigenvalue weighted by atomic mass is 10.2. The summed E-state index contributed by atoms with van der Waals surface area (Å²) in [6.45, 7) is 0.402. The fourth-order valence-corrected chi connectivity index (χ4v) is 3.70. The van der Waals surface area contributed by atoms with Crippen LogP contribution in [0.15, 0.2) is 60.0 Å². The lowest BCUT2D eigenvalue weighted by molar-refractivity contribution is 0.593. The summed E-state index contributed by atoms with van der Waals surface area (Å²) in [6.07, 6.45) is 1.59. The second-order valence-electron chi connectivity index (χ2n) is 4.83. The molecule has 23 heavy (non-hydrogen) atoms. The summed E-state index contributed by atoms with van der Waals surface area (Å²) in [4.78, 5) is 0. The summed E-state index contributed by atoms with van der Waals surface area (Å²) in [7, 11) is -3.39. The van der Waals surface area contributed by atoms with E-state index in [1.54, 1.807) is 17.8 Å². The molecular weight excluding hydrogens is 350 g/mol. The second-order valence-corrected chi connectivity index (χ2v) is 8.02. The summed E-state index contributed by atoms with van der Waals surface area (Å²) in [5.74, 6) is 1.54. The minimum absolute atomic E-state index is 0.402. The van der Waals surface area contributed by atoms with Crippen LogP contribution in [0.2, 0.25) is 5.02 Å². The molecule has 2 aromatic carbocycles. The van der Waals surface area contributed by atoms with Crippen LogP contribution in [0.1, 0.15) is 11.1 Å². The van der Waals surface area contributed by atoms with Gasteiger partial charge >= 0.3 is 0 Å². The van der Waals surface area contributed by atoms with Crippen molar-refractivity contribution in [3.63, 3.8) is 0 Å². The Balaban J connectivity index is 1.70. The van der Waals surface area contributed by atoms with Gasteiger partial charge in [-0.15, -0.1) is 0 Å². The fourth-order valence-electron chi connectivity index (χ4n) is 1.81. The Kier molecular flexibility index (Phi) is 7.17. The van der Waals surface area contributed by atoms with Gasteiger partial charge in [-0.3, -0.25) is 0 Å². The first-order valence-electron chi connectivity index (χ1n) is 7.10. The number of benzene rings is 2. The van der Waals surface area contributed by atoms with E-state index in [9.17, 15) is 8.42 Å². The largest absolute Gasteiger partial charge is 0.233 e. The number of halogens is 1. The maximum absolute atomic E-state index is 11.9. The number of sulfonamides is 1. The summed E-state index contributed by atoms with van der Waals surface area (Å²) in [5.41, 5.74) is 2.03. The highest BCUT2D eigenvalue weighted by Gasteiger charge is 2.04. The monoisotopic (exact) mass is 367 g/mol. The van der Waals surface area contributed by atoms with Crippen molar-refractivity contribution in [2.45, 2.75) is 5.75 Å². The van der Waals surface area contributed by atoms with Gasteiger partial charge in [0.1, 0.15) is 0 Å². The van der Waals surface area contributed by atoms with Crippen LogP contribution >= 0.6 is 23.4 Å². The third-order valence-corrected chi connectivity index (χ3v) is 5.35. The van der Waals surface area contributed by atoms with E-state index in [4.69, 9.17) is 11.6 Å². The molecule has 1 N–H and O–H groups in total. The van der Waals surface area contributed by atoms with Crippen molar-refractivity contribution in [2.24, 2.45) is 0 Å².